The van der Waals surface area contributed by atoms with Crippen molar-refractivity contribution >= 4 is 11.6 Å². The minimum atomic E-state index is -0.937. The Labute approximate surface area is 117 Å². The number of likely N-dealkylation sites (tertiary alicyclic amines) is 1. The van der Waals surface area contributed by atoms with E-state index in [2.05, 4.69) is 22.0 Å². The van der Waals surface area contributed by atoms with Crippen molar-refractivity contribution in [3.05, 3.63) is 29.7 Å². The molecular formula is C14H18N4O2. The molecule has 0 spiro atoms. The maximum Gasteiger partial charge on any atom is 0.335 e. The fraction of sp³-hybridized carbons (Fsp3) is 0.500. The monoisotopic (exact) mass is 274 g/mol. The van der Waals surface area contributed by atoms with Crippen molar-refractivity contribution in [1.82, 2.24) is 19.5 Å². The SMILES string of the molecule is CCN1CCC(c2nnc3cc(C(=O)O)ccn23)CC1. The first kappa shape index (κ1) is 13.1. The molecule has 0 atom stereocenters. The van der Waals surface area contributed by atoms with E-state index in [0.717, 1.165) is 38.3 Å². The molecule has 1 aliphatic rings. The third-order valence-corrected chi connectivity index (χ3v) is 4.08. The average Bonchev–Trinajstić information content (AvgIpc) is 2.90. The average molecular weight is 274 g/mol. The Morgan fingerprint density at radius 1 is 1.40 bits per heavy atom. The van der Waals surface area contributed by atoms with E-state index in [1.807, 2.05) is 4.40 Å². The number of aromatic carboxylic acids is 1. The number of hydrogen-bond acceptors (Lipinski definition) is 4. The summed E-state index contributed by atoms with van der Waals surface area (Å²) in [6.45, 7) is 5.45. The second kappa shape index (κ2) is 5.20. The quantitative estimate of drug-likeness (QED) is 0.921. The maximum absolute atomic E-state index is 11.0. The predicted molar refractivity (Wildman–Crippen MR) is 74.0 cm³/mol. The van der Waals surface area contributed by atoms with Crippen molar-refractivity contribution in [2.75, 3.05) is 19.6 Å². The maximum atomic E-state index is 11.0. The van der Waals surface area contributed by atoms with E-state index in [1.165, 1.54) is 0 Å². The van der Waals surface area contributed by atoms with E-state index in [-0.39, 0.29) is 5.56 Å². The van der Waals surface area contributed by atoms with Gasteiger partial charge >= 0.3 is 5.97 Å². The molecule has 0 radical (unpaired) electrons. The molecule has 0 aromatic carbocycles. The molecule has 2 aromatic heterocycles. The topological polar surface area (TPSA) is 70.7 Å². The first-order chi connectivity index (χ1) is 9.69. The van der Waals surface area contributed by atoms with Crippen molar-refractivity contribution in [2.45, 2.75) is 25.7 Å². The molecule has 1 fully saturated rings. The minimum absolute atomic E-state index is 0.247. The van der Waals surface area contributed by atoms with E-state index in [4.69, 9.17) is 5.11 Å². The summed E-state index contributed by atoms with van der Waals surface area (Å²) >= 11 is 0. The lowest BCUT2D eigenvalue weighted by atomic mass is 9.96. The Balaban J connectivity index is 1.88. The summed E-state index contributed by atoms with van der Waals surface area (Å²) in [5, 5.41) is 17.4. The Kier molecular flexibility index (Phi) is 3.40. The van der Waals surface area contributed by atoms with E-state index in [0.29, 0.717) is 11.6 Å². The van der Waals surface area contributed by atoms with Gasteiger partial charge in [-0.2, -0.15) is 0 Å². The van der Waals surface area contributed by atoms with Crippen LogP contribution in [-0.4, -0.2) is 50.2 Å². The number of carboxylic acid groups (broad SMARTS) is 1. The smallest absolute Gasteiger partial charge is 0.335 e. The van der Waals surface area contributed by atoms with Gasteiger partial charge in [0.25, 0.3) is 0 Å². The summed E-state index contributed by atoms with van der Waals surface area (Å²) in [5.41, 5.74) is 0.857. The summed E-state index contributed by atoms with van der Waals surface area (Å²) < 4.78 is 1.92. The third-order valence-electron chi connectivity index (χ3n) is 4.08. The van der Waals surface area contributed by atoms with Gasteiger partial charge < -0.3 is 10.0 Å². The van der Waals surface area contributed by atoms with Crippen LogP contribution in [-0.2, 0) is 0 Å². The zero-order valence-electron chi connectivity index (χ0n) is 11.5. The number of pyridine rings is 1. The van der Waals surface area contributed by atoms with Gasteiger partial charge in [-0.15, -0.1) is 10.2 Å². The number of piperidine rings is 1. The fourth-order valence-electron chi connectivity index (χ4n) is 2.83. The Bertz CT molecular complexity index is 629. The van der Waals surface area contributed by atoms with Crippen LogP contribution in [0.15, 0.2) is 18.3 Å². The van der Waals surface area contributed by atoms with Crippen molar-refractivity contribution in [2.24, 2.45) is 0 Å². The largest absolute Gasteiger partial charge is 0.478 e. The van der Waals surface area contributed by atoms with E-state index in [1.54, 1.807) is 18.3 Å². The predicted octanol–water partition coefficient (Wildman–Crippen LogP) is 1.63. The van der Waals surface area contributed by atoms with Crippen molar-refractivity contribution in [1.29, 1.82) is 0 Å². The Morgan fingerprint density at radius 2 is 2.15 bits per heavy atom. The number of fused-ring (bicyclic) bond motifs is 1. The van der Waals surface area contributed by atoms with Gasteiger partial charge in [-0.3, -0.25) is 4.40 Å². The molecule has 0 amide bonds. The molecule has 3 rings (SSSR count). The third kappa shape index (κ3) is 2.27. The number of aromatic nitrogens is 3. The van der Waals surface area contributed by atoms with Crippen LogP contribution in [0.25, 0.3) is 5.65 Å². The molecule has 1 saturated heterocycles. The van der Waals surface area contributed by atoms with Gasteiger partial charge in [0.15, 0.2) is 5.65 Å². The summed E-state index contributed by atoms with van der Waals surface area (Å²) in [7, 11) is 0. The summed E-state index contributed by atoms with van der Waals surface area (Å²) in [6, 6.07) is 3.17. The highest BCUT2D eigenvalue weighted by Crippen LogP contribution is 2.27. The van der Waals surface area contributed by atoms with Crippen LogP contribution in [0.1, 0.15) is 41.9 Å². The second-order valence-corrected chi connectivity index (χ2v) is 5.22. The van der Waals surface area contributed by atoms with E-state index < -0.39 is 5.97 Å². The van der Waals surface area contributed by atoms with Crippen LogP contribution in [0.2, 0.25) is 0 Å². The zero-order valence-corrected chi connectivity index (χ0v) is 11.5. The van der Waals surface area contributed by atoms with E-state index in [9.17, 15) is 4.79 Å². The lowest BCUT2D eigenvalue weighted by Gasteiger charge is -2.30. The standard InChI is InChI=1S/C14H18N4O2/c1-2-17-6-3-10(4-7-17)13-16-15-12-9-11(14(19)20)5-8-18(12)13/h5,8-10H,2-4,6-7H2,1H3,(H,19,20). The van der Waals surface area contributed by atoms with Gasteiger partial charge in [-0.05, 0) is 44.6 Å². The first-order valence-corrected chi connectivity index (χ1v) is 6.99. The van der Waals surface area contributed by atoms with Gasteiger partial charge in [-0.25, -0.2) is 4.79 Å². The molecular weight excluding hydrogens is 256 g/mol. The molecule has 1 N–H and O–H groups in total. The molecule has 20 heavy (non-hydrogen) atoms. The van der Waals surface area contributed by atoms with Crippen LogP contribution in [0.3, 0.4) is 0 Å². The normalized spacial score (nSPS) is 17.6. The molecule has 2 aromatic rings. The highest BCUT2D eigenvalue weighted by Gasteiger charge is 2.23. The molecule has 6 nitrogen and oxygen atoms in total. The number of nitrogens with zero attached hydrogens (tertiary/aromatic N) is 4. The molecule has 0 saturated carbocycles. The minimum Gasteiger partial charge on any atom is -0.478 e. The second-order valence-electron chi connectivity index (χ2n) is 5.22. The van der Waals surface area contributed by atoms with Crippen LogP contribution < -0.4 is 0 Å². The fourth-order valence-corrected chi connectivity index (χ4v) is 2.83. The Morgan fingerprint density at radius 3 is 2.80 bits per heavy atom. The van der Waals surface area contributed by atoms with E-state index >= 15 is 0 Å². The lowest BCUT2D eigenvalue weighted by Crippen LogP contribution is -2.33. The van der Waals surface area contributed by atoms with Crippen LogP contribution >= 0.6 is 0 Å². The lowest BCUT2D eigenvalue weighted by molar-refractivity contribution is 0.0697. The number of hydrogen-bond donors (Lipinski definition) is 1. The van der Waals surface area contributed by atoms with Gasteiger partial charge in [0, 0.05) is 12.1 Å². The first-order valence-electron chi connectivity index (χ1n) is 6.99. The number of carboxylic acids is 1. The summed E-state index contributed by atoms with van der Waals surface area (Å²) in [6.07, 6.45) is 3.92. The molecule has 1 aliphatic heterocycles. The van der Waals surface area contributed by atoms with Crippen LogP contribution in [0, 0.1) is 0 Å². The molecule has 0 aliphatic carbocycles. The van der Waals surface area contributed by atoms with Crippen molar-refractivity contribution < 1.29 is 9.90 Å². The van der Waals surface area contributed by atoms with Gasteiger partial charge in [0.2, 0.25) is 0 Å². The number of rotatable bonds is 3. The molecule has 6 heteroatoms. The van der Waals surface area contributed by atoms with Crippen LogP contribution in [0.5, 0.6) is 0 Å². The van der Waals surface area contributed by atoms with Crippen LogP contribution in [0.4, 0.5) is 0 Å². The highest BCUT2D eigenvalue weighted by atomic mass is 16.4. The highest BCUT2D eigenvalue weighted by molar-refractivity contribution is 5.88. The Hall–Kier alpha value is -1.95. The molecule has 0 unspecified atom stereocenters. The van der Waals surface area contributed by atoms with Crippen molar-refractivity contribution in [3.63, 3.8) is 0 Å². The number of carbonyl (C=O) groups is 1. The van der Waals surface area contributed by atoms with Gasteiger partial charge in [0.1, 0.15) is 5.82 Å². The van der Waals surface area contributed by atoms with Crippen molar-refractivity contribution in [3.8, 4) is 0 Å². The summed E-state index contributed by atoms with van der Waals surface area (Å²) in [4.78, 5) is 13.4. The van der Waals surface area contributed by atoms with Gasteiger partial charge in [0.05, 0.1) is 5.56 Å². The zero-order chi connectivity index (χ0) is 14.1. The summed E-state index contributed by atoms with van der Waals surface area (Å²) in [5.74, 6) is 0.421. The molecule has 106 valence electrons. The molecule has 0 bridgehead atoms. The molecule has 3 heterocycles. The van der Waals surface area contributed by atoms with Gasteiger partial charge in [-0.1, -0.05) is 6.92 Å².